The van der Waals surface area contributed by atoms with Crippen molar-refractivity contribution in [3.63, 3.8) is 0 Å². The maximum absolute atomic E-state index is 10.3. The van der Waals surface area contributed by atoms with Crippen LogP contribution in [-0.2, 0) is 9.59 Å². The average Bonchev–Trinajstić information content (AvgIpc) is 2.63. The predicted molar refractivity (Wildman–Crippen MR) is 57.4 cm³/mol. The van der Waals surface area contributed by atoms with Gasteiger partial charge in [0.15, 0.2) is 11.6 Å². The molecule has 14 heavy (non-hydrogen) atoms. The molecule has 0 aromatic carbocycles. The highest BCUT2D eigenvalue weighted by Gasteiger charge is 1.97. The smallest absolute Gasteiger partial charge is 0.178 e. The van der Waals surface area contributed by atoms with Crippen LogP contribution in [0, 0.1) is 6.92 Å². The van der Waals surface area contributed by atoms with Gasteiger partial charge in [-0.05, 0) is 42.7 Å². The van der Waals surface area contributed by atoms with Crippen molar-refractivity contribution in [1.82, 2.24) is 0 Å². The molecule has 0 atom stereocenters. The molecule has 0 bridgehead atoms. The standard InChI is InChI=1S/C6H4O2.C5H6S/c7-5-1-2-6(8)4-3-5;1-5-3-2-4-6-5/h1-4H;2-4H,1H3. The largest absolute Gasteiger partial charge is 0.290 e. The van der Waals surface area contributed by atoms with Gasteiger partial charge in [-0.1, -0.05) is 6.07 Å². The Morgan fingerprint density at radius 3 is 1.71 bits per heavy atom. The summed E-state index contributed by atoms with van der Waals surface area (Å²) in [6.45, 7) is 2.10. The molecule has 0 amide bonds. The summed E-state index contributed by atoms with van der Waals surface area (Å²) >= 11 is 1.78. The minimum absolute atomic E-state index is 0.121. The van der Waals surface area contributed by atoms with E-state index < -0.39 is 0 Å². The minimum atomic E-state index is -0.121. The van der Waals surface area contributed by atoms with E-state index in [0.717, 1.165) is 0 Å². The van der Waals surface area contributed by atoms with E-state index in [-0.39, 0.29) is 11.6 Å². The predicted octanol–water partition coefficient (Wildman–Crippen LogP) is 2.31. The summed E-state index contributed by atoms with van der Waals surface area (Å²) < 4.78 is 0. The van der Waals surface area contributed by atoms with E-state index in [9.17, 15) is 9.59 Å². The average molecular weight is 206 g/mol. The van der Waals surface area contributed by atoms with Gasteiger partial charge in [0.25, 0.3) is 0 Å². The number of rotatable bonds is 0. The second-order valence-electron chi connectivity index (χ2n) is 2.70. The molecule has 1 aromatic rings. The molecule has 0 fully saturated rings. The van der Waals surface area contributed by atoms with Gasteiger partial charge in [0.2, 0.25) is 0 Å². The third kappa shape index (κ3) is 3.96. The zero-order valence-corrected chi connectivity index (χ0v) is 8.58. The van der Waals surface area contributed by atoms with Crippen molar-refractivity contribution in [3.8, 4) is 0 Å². The number of aryl methyl sites for hydroxylation is 1. The van der Waals surface area contributed by atoms with Crippen molar-refractivity contribution in [2.45, 2.75) is 6.92 Å². The van der Waals surface area contributed by atoms with Crippen molar-refractivity contribution in [1.29, 1.82) is 0 Å². The molecule has 0 unspecified atom stereocenters. The summed E-state index contributed by atoms with van der Waals surface area (Å²) in [5.74, 6) is -0.241. The van der Waals surface area contributed by atoms with Crippen LogP contribution < -0.4 is 0 Å². The van der Waals surface area contributed by atoms with Gasteiger partial charge in [-0.15, -0.1) is 11.3 Å². The Hall–Kier alpha value is -1.48. The quantitative estimate of drug-likeness (QED) is 0.610. The van der Waals surface area contributed by atoms with Gasteiger partial charge < -0.3 is 0 Å². The van der Waals surface area contributed by atoms with Crippen LogP contribution in [0.1, 0.15) is 4.88 Å². The molecule has 3 heteroatoms. The summed E-state index contributed by atoms with van der Waals surface area (Å²) in [4.78, 5) is 21.9. The van der Waals surface area contributed by atoms with E-state index in [1.54, 1.807) is 11.3 Å². The number of carbonyl (C=O) groups excluding carboxylic acids is 2. The summed E-state index contributed by atoms with van der Waals surface area (Å²) in [6, 6.07) is 4.16. The Bertz CT molecular complexity index is 334. The first kappa shape index (κ1) is 10.6. The molecule has 0 spiro atoms. The summed E-state index contributed by atoms with van der Waals surface area (Å²) in [5.41, 5.74) is 0. The van der Waals surface area contributed by atoms with Crippen molar-refractivity contribution in [2.75, 3.05) is 0 Å². The van der Waals surface area contributed by atoms with Crippen LogP contribution in [0.2, 0.25) is 0 Å². The van der Waals surface area contributed by atoms with Crippen LogP contribution in [0.5, 0.6) is 0 Å². The van der Waals surface area contributed by atoms with E-state index >= 15 is 0 Å². The first-order chi connectivity index (χ1) is 6.68. The molecular weight excluding hydrogens is 196 g/mol. The highest BCUT2D eigenvalue weighted by Crippen LogP contribution is 2.03. The van der Waals surface area contributed by atoms with Crippen LogP contribution in [-0.4, -0.2) is 11.6 Å². The lowest BCUT2D eigenvalue weighted by atomic mass is 10.2. The van der Waals surface area contributed by atoms with E-state index in [1.807, 2.05) is 0 Å². The van der Waals surface area contributed by atoms with Gasteiger partial charge in [-0.3, -0.25) is 9.59 Å². The van der Waals surface area contributed by atoms with Crippen molar-refractivity contribution < 1.29 is 9.59 Å². The molecule has 0 saturated heterocycles. The highest BCUT2D eigenvalue weighted by atomic mass is 32.1. The lowest BCUT2D eigenvalue weighted by Gasteiger charge is -1.87. The lowest BCUT2D eigenvalue weighted by Crippen LogP contribution is -1.97. The van der Waals surface area contributed by atoms with Crippen molar-refractivity contribution in [2.24, 2.45) is 0 Å². The Balaban J connectivity index is 0.000000146. The number of ketones is 2. The number of hydrogen-bond acceptors (Lipinski definition) is 3. The topological polar surface area (TPSA) is 34.1 Å². The van der Waals surface area contributed by atoms with E-state index in [4.69, 9.17) is 0 Å². The molecule has 1 aliphatic rings. The first-order valence-corrected chi connectivity index (χ1v) is 5.00. The number of hydrogen-bond donors (Lipinski definition) is 0. The fourth-order valence-corrected chi connectivity index (χ4v) is 1.33. The molecule has 0 radical (unpaired) electrons. The molecule has 1 aliphatic carbocycles. The van der Waals surface area contributed by atoms with E-state index in [1.165, 1.54) is 29.2 Å². The fourth-order valence-electron chi connectivity index (χ4n) is 0.800. The van der Waals surface area contributed by atoms with E-state index in [2.05, 4.69) is 24.4 Å². The summed E-state index contributed by atoms with van der Waals surface area (Å²) in [7, 11) is 0. The van der Waals surface area contributed by atoms with Gasteiger partial charge in [-0.25, -0.2) is 0 Å². The molecule has 1 heterocycles. The summed E-state index contributed by atoms with van der Waals surface area (Å²) in [5, 5.41) is 2.08. The maximum atomic E-state index is 10.3. The maximum Gasteiger partial charge on any atom is 0.178 e. The number of allylic oxidation sites excluding steroid dienone is 4. The zero-order valence-electron chi connectivity index (χ0n) is 7.77. The molecule has 72 valence electrons. The second kappa shape index (κ2) is 5.29. The van der Waals surface area contributed by atoms with Crippen LogP contribution in [0.25, 0.3) is 0 Å². The second-order valence-corrected chi connectivity index (χ2v) is 3.85. The molecule has 0 aliphatic heterocycles. The first-order valence-electron chi connectivity index (χ1n) is 4.12. The third-order valence-corrected chi connectivity index (χ3v) is 2.29. The Morgan fingerprint density at radius 2 is 1.50 bits per heavy atom. The van der Waals surface area contributed by atoms with Crippen molar-refractivity contribution in [3.05, 3.63) is 46.7 Å². The van der Waals surface area contributed by atoms with Crippen LogP contribution in [0.3, 0.4) is 0 Å². The highest BCUT2D eigenvalue weighted by molar-refractivity contribution is 7.09. The monoisotopic (exact) mass is 206 g/mol. The Morgan fingerprint density at radius 1 is 1.00 bits per heavy atom. The van der Waals surface area contributed by atoms with Gasteiger partial charge in [0.1, 0.15) is 0 Å². The fraction of sp³-hybridized carbons (Fsp3) is 0.0909. The zero-order chi connectivity index (χ0) is 10.4. The SMILES string of the molecule is Cc1cccs1.O=C1C=CC(=O)C=C1. The Labute approximate surface area is 86.6 Å². The van der Waals surface area contributed by atoms with Gasteiger partial charge in [0, 0.05) is 4.88 Å². The molecule has 0 N–H and O–H groups in total. The number of thiophene rings is 1. The van der Waals surface area contributed by atoms with Crippen LogP contribution in [0.15, 0.2) is 41.8 Å². The van der Waals surface area contributed by atoms with E-state index in [0.29, 0.717) is 0 Å². The van der Waals surface area contributed by atoms with Crippen LogP contribution in [0.4, 0.5) is 0 Å². The normalized spacial score (nSPS) is 13.8. The van der Waals surface area contributed by atoms with Gasteiger partial charge in [0.05, 0.1) is 0 Å². The molecular formula is C11H10O2S. The molecule has 0 saturated carbocycles. The molecule has 2 nitrogen and oxygen atoms in total. The van der Waals surface area contributed by atoms with Crippen molar-refractivity contribution >= 4 is 22.9 Å². The minimum Gasteiger partial charge on any atom is -0.290 e. The lowest BCUT2D eigenvalue weighted by molar-refractivity contribution is -0.113. The number of carbonyl (C=O) groups is 2. The van der Waals surface area contributed by atoms with Crippen LogP contribution >= 0.6 is 11.3 Å². The molecule has 1 aromatic heterocycles. The van der Waals surface area contributed by atoms with Gasteiger partial charge >= 0.3 is 0 Å². The van der Waals surface area contributed by atoms with Gasteiger partial charge in [-0.2, -0.15) is 0 Å². The Kier molecular flexibility index (Phi) is 4.01. The molecule has 2 rings (SSSR count). The summed E-state index contributed by atoms with van der Waals surface area (Å²) in [6.07, 6.45) is 5.01. The third-order valence-electron chi connectivity index (χ3n) is 1.49.